The predicted molar refractivity (Wildman–Crippen MR) is 169 cm³/mol. The molecule has 0 bridgehead atoms. The number of rotatable bonds is 10. The summed E-state index contributed by atoms with van der Waals surface area (Å²) in [7, 11) is 0.239. The molecule has 0 saturated heterocycles. The highest BCUT2D eigenvalue weighted by atomic mass is 35.5. The molecule has 0 radical (unpaired) electrons. The fraction of sp³-hybridized carbons (Fsp3) is 0.333. The van der Waals surface area contributed by atoms with Crippen molar-refractivity contribution >= 4 is 60.7 Å². The number of anilines is 2. The Labute approximate surface area is 252 Å². The minimum Gasteiger partial charge on any atom is -0.494 e. The number of ether oxygens (including phenoxy) is 1. The van der Waals surface area contributed by atoms with Gasteiger partial charge in [0.15, 0.2) is 5.13 Å². The van der Waals surface area contributed by atoms with Gasteiger partial charge in [-0.1, -0.05) is 29.5 Å². The smallest absolute Gasteiger partial charge is 0.264 e. The van der Waals surface area contributed by atoms with Gasteiger partial charge in [-0.15, -0.1) is 12.4 Å². The van der Waals surface area contributed by atoms with E-state index in [1.165, 1.54) is 27.8 Å². The molecule has 11 heteroatoms. The molecule has 0 aliphatic carbocycles. The second kappa shape index (κ2) is 13.2. The van der Waals surface area contributed by atoms with E-state index in [1.807, 2.05) is 63.5 Å². The van der Waals surface area contributed by atoms with Crippen molar-refractivity contribution < 1.29 is 17.9 Å². The van der Waals surface area contributed by atoms with Crippen molar-refractivity contribution in [3.05, 3.63) is 77.9 Å². The monoisotopic (exact) mass is 614 g/mol. The Hall–Kier alpha value is -3.18. The van der Waals surface area contributed by atoms with Crippen LogP contribution in [0.1, 0.15) is 35.7 Å². The normalized spacial score (nSPS) is 13.1. The van der Waals surface area contributed by atoms with E-state index in [9.17, 15) is 13.2 Å². The molecule has 1 aromatic heterocycles. The summed E-state index contributed by atoms with van der Waals surface area (Å²) in [6.07, 6.45) is 2.39. The minimum absolute atomic E-state index is 0. The molecule has 1 aliphatic rings. The van der Waals surface area contributed by atoms with Crippen LogP contribution in [0.15, 0.2) is 71.6 Å². The third kappa shape index (κ3) is 6.67. The van der Waals surface area contributed by atoms with Gasteiger partial charge in [0.05, 0.1) is 27.4 Å². The fourth-order valence-corrected chi connectivity index (χ4v) is 7.45. The van der Waals surface area contributed by atoms with Crippen LogP contribution in [0.2, 0.25) is 0 Å². The number of nitrogens with zero attached hydrogens (tertiary/aromatic N) is 4. The van der Waals surface area contributed by atoms with E-state index in [0.29, 0.717) is 30.4 Å². The number of carbonyl (C=O) groups is 1. The molecule has 0 saturated carbocycles. The molecule has 0 atom stereocenters. The predicted octanol–water partition coefficient (Wildman–Crippen LogP) is 5.86. The number of hydrogen-bond acceptors (Lipinski definition) is 7. The fourth-order valence-electron chi connectivity index (χ4n) is 4.90. The first-order valence-corrected chi connectivity index (χ1v) is 15.7. The number of aromatic nitrogens is 1. The maximum absolute atomic E-state index is 13.8. The summed E-state index contributed by atoms with van der Waals surface area (Å²) in [4.78, 5) is 22.5. The number of fused-ring (bicyclic) bond motifs is 2. The zero-order valence-electron chi connectivity index (χ0n) is 23.4. The van der Waals surface area contributed by atoms with E-state index < -0.39 is 10.0 Å². The van der Waals surface area contributed by atoms with E-state index in [0.717, 1.165) is 53.0 Å². The Balaban J connectivity index is 0.00000387. The average molecular weight is 615 g/mol. The van der Waals surface area contributed by atoms with Gasteiger partial charge < -0.3 is 9.64 Å². The summed E-state index contributed by atoms with van der Waals surface area (Å²) in [5.74, 6) is 0.555. The van der Waals surface area contributed by atoms with E-state index in [-0.39, 0.29) is 23.2 Å². The lowest BCUT2D eigenvalue weighted by atomic mass is 10.0. The number of amides is 1. The van der Waals surface area contributed by atoms with E-state index in [1.54, 1.807) is 17.0 Å². The Morgan fingerprint density at radius 2 is 1.80 bits per heavy atom. The van der Waals surface area contributed by atoms with Gasteiger partial charge in [0, 0.05) is 18.7 Å². The molecule has 2 heterocycles. The number of sulfonamides is 1. The number of para-hydroxylation sites is 1. The second-order valence-electron chi connectivity index (χ2n) is 10.0. The van der Waals surface area contributed by atoms with Crippen molar-refractivity contribution in [2.75, 3.05) is 49.5 Å². The van der Waals surface area contributed by atoms with Crippen LogP contribution >= 0.6 is 23.7 Å². The van der Waals surface area contributed by atoms with Gasteiger partial charge >= 0.3 is 0 Å². The van der Waals surface area contributed by atoms with Crippen LogP contribution in [0, 0.1) is 0 Å². The van der Waals surface area contributed by atoms with Crippen LogP contribution in [0.25, 0.3) is 10.2 Å². The van der Waals surface area contributed by atoms with Crippen molar-refractivity contribution in [2.45, 2.75) is 31.1 Å². The quantitative estimate of drug-likeness (QED) is 0.223. The Morgan fingerprint density at radius 1 is 1.05 bits per heavy atom. The molecule has 1 aliphatic heterocycles. The summed E-state index contributed by atoms with van der Waals surface area (Å²) in [6, 6.07) is 19.6. The van der Waals surface area contributed by atoms with E-state index in [2.05, 4.69) is 4.90 Å². The van der Waals surface area contributed by atoms with Gasteiger partial charge in [-0.3, -0.25) is 14.0 Å². The molecule has 5 rings (SSSR count). The van der Waals surface area contributed by atoms with Crippen molar-refractivity contribution in [3.63, 3.8) is 0 Å². The number of carbonyl (C=O) groups excluding carboxylic acids is 1. The van der Waals surface area contributed by atoms with Crippen LogP contribution in [0.3, 0.4) is 0 Å². The molecule has 218 valence electrons. The highest BCUT2D eigenvalue weighted by Crippen LogP contribution is 2.34. The second-order valence-corrected chi connectivity index (χ2v) is 12.9. The van der Waals surface area contributed by atoms with Crippen LogP contribution in [-0.4, -0.2) is 64.5 Å². The number of benzene rings is 3. The lowest BCUT2D eigenvalue weighted by Gasteiger charge is -2.30. The van der Waals surface area contributed by atoms with Gasteiger partial charge in [-0.25, -0.2) is 13.4 Å². The van der Waals surface area contributed by atoms with Gasteiger partial charge in [-0.2, -0.15) is 0 Å². The van der Waals surface area contributed by atoms with Crippen LogP contribution in [-0.2, 0) is 16.4 Å². The molecule has 0 N–H and O–H groups in total. The Kier molecular flexibility index (Phi) is 9.91. The van der Waals surface area contributed by atoms with E-state index >= 15 is 0 Å². The highest BCUT2D eigenvalue weighted by Gasteiger charge is 2.29. The largest absolute Gasteiger partial charge is 0.494 e. The van der Waals surface area contributed by atoms with Gasteiger partial charge in [0.25, 0.3) is 15.9 Å². The summed E-state index contributed by atoms with van der Waals surface area (Å²) in [6.45, 7) is 4.25. The zero-order valence-corrected chi connectivity index (χ0v) is 25.9. The van der Waals surface area contributed by atoms with Gasteiger partial charge in [-0.05, 0) is 101 Å². The molecular weight excluding hydrogens is 580 g/mol. The molecule has 41 heavy (non-hydrogen) atoms. The summed E-state index contributed by atoms with van der Waals surface area (Å²) >= 11 is 1.44. The van der Waals surface area contributed by atoms with Gasteiger partial charge in [0.1, 0.15) is 5.75 Å². The highest BCUT2D eigenvalue weighted by molar-refractivity contribution is 7.92. The molecule has 8 nitrogen and oxygen atoms in total. The summed E-state index contributed by atoms with van der Waals surface area (Å²) < 4.78 is 35.2. The number of aryl methyl sites for hydroxylation is 1. The topological polar surface area (TPSA) is 83.0 Å². The number of thiazole rings is 1. The summed E-state index contributed by atoms with van der Waals surface area (Å²) in [5.41, 5.74) is 2.97. The third-order valence-electron chi connectivity index (χ3n) is 6.88. The molecular formula is C30H35ClN4O4S2. The molecule has 0 spiro atoms. The zero-order chi connectivity index (χ0) is 28.3. The lowest BCUT2D eigenvalue weighted by molar-refractivity contribution is 0.0986. The van der Waals surface area contributed by atoms with E-state index in [4.69, 9.17) is 9.72 Å². The van der Waals surface area contributed by atoms with Crippen molar-refractivity contribution in [3.8, 4) is 5.75 Å². The third-order valence-corrected chi connectivity index (χ3v) is 9.75. The van der Waals surface area contributed by atoms with Crippen molar-refractivity contribution in [2.24, 2.45) is 0 Å². The Bertz CT molecular complexity index is 1610. The lowest BCUT2D eigenvalue weighted by Crippen LogP contribution is -2.35. The van der Waals surface area contributed by atoms with Crippen LogP contribution in [0.4, 0.5) is 10.8 Å². The molecule has 1 amide bonds. The first-order chi connectivity index (χ1) is 19.3. The number of hydrogen-bond donors (Lipinski definition) is 0. The van der Waals surface area contributed by atoms with Crippen molar-refractivity contribution in [1.82, 2.24) is 9.88 Å². The number of halogens is 1. The minimum atomic E-state index is -3.76. The van der Waals surface area contributed by atoms with Crippen LogP contribution in [0.5, 0.6) is 5.75 Å². The SMILES string of the molecule is CCOc1ccc2nc(N(CCCN(C)C)C(=O)c3ccc(S(=O)(=O)N4CCCc5ccccc54)cc3)sc2c1.Cl. The first kappa shape index (κ1) is 30.8. The maximum Gasteiger partial charge on any atom is 0.264 e. The average Bonchev–Trinajstić information content (AvgIpc) is 3.38. The van der Waals surface area contributed by atoms with Crippen molar-refractivity contribution in [1.29, 1.82) is 0 Å². The molecule has 4 aromatic rings. The van der Waals surface area contributed by atoms with Gasteiger partial charge in [0.2, 0.25) is 0 Å². The molecule has 0 fully saturated rings. The standard InChI is InChI=1S/C30H34N4O4S2.ClH/c1-4-38-24-14-17-26-28(21-24)39-30(31-26)33(19-8-18-32(2)3)29(35)23-12-15-25(16-13-23)40(36,37)34-20-7-10-22-9-5-6-11-27(22)34;/h5-6,9,11-17,21H,4,7-8,10,18-20H2,1-3H3;1H. The first-order valence-electron chi connectivity index (χ1n) is 13.5. The van der Waals surface area contributed by atoms with Crippen LogP contribution < -0.4 is 13.9 Å². The summed E-state index contributed by atoms with van der Waals surface area (Å²) in [5, 5.41) is 0.606. The maximum atomic E-state index is 13.8. The molecule has 0 unspecified atom stereocenters. The molecule has 3 aromatic carbocycles. The Morgan fingerprint density at radius 3 is 2.54 bits per heavy atom.